The van der Waals surface area contributed by atoms with Gasteiger partial charge in [-0.2, -0.15) is 0 Å². The molecular weight excluding hydrogens is 142 g/mol. The van der Waals surface area contributed by atoms with E-state index in [2.05, 4.69) is 0 Å². The first kappa shape index (κ1) is 9.88. The molecule has 0 saturated heterocycles. The molecule has 46 valence electrons. The van der Waals surface area contributed by atoms with Crippen LogP contribution in [0.3, 0.4) is 0 Å². The smallest absolute Gasteiger partial charge is 0.591 e. The van der Waals surface area contributed by atoms with Crippen LogP contribution in [0.2, 0.25) is 0 Å². The summed E-state index contributed by atoms with van der Waals surface area (Å²) in [5.74, 6) is 0. The fourth-order valence-electron chi connectivity index (χ4n) is 0.550. The molecule has 0 heterocycles. The van der Waals surface area contributed by atoms with Crippen LogP contribution in [0.5, 0.6) is 0 Å². The van der Waals surface area contributed by atoms with Gasteiger partial charge in [-0.1, -0.05) is 22.8 Å². The maximum Gasteiger partial charge on any atom is 1.00 e. The summed E-state index contributed by atoms with van der Waals surface area (Å²) in [5.41, 5.74) is 0. The zero-order chi connectivity index (χ0) is 6.69. The minimum absolute atomic E-state index is 0. The second kappa shape index (κ2) is 4.66. The van der Waals surface area contributed by atoms with Crippen LogP contribution in [0.1, 0.15) is 0 Å². The van der Waals surface area contributed by atoms with Crippen molar-refractivity contribution in [2.45, 2.75) is 0 Å². The Labute approximate surface area is 72.3 Å². The van der Waals surface area contributed by atoms with Gasteiger partial charge in [-0.25, -0.2) is 0 Å². The molecule has 1 atom stereocenters. The summed E-state index contributed by atoms with van der Waals surface area (Å²) >= 11 is 0. The molecule has 0 radical (unpaired) electrons. The molecule has 1 aromatic carbocycles. The van der Waals surface area contributed by atoms with E-state index in [9.17, 15) is 9.46 Å². The SMILES string of the molecule is O=[P+]([O-])c1ccccc1.[Li+]. The maximum atomic E-state index is 10.2. The molecule has 10 heavy (non-hydrogen) atoms. The zero-order valence-electron chi connectivity index (χ0n) is 5.65. The molecule has 0 aliphatic carbocycles. The molecule has 1 unspecified atom stereocenters. The van der Waals surface area contributed by atoms with E-state index in [4.69, 9.17) is 0 Å². The summed E-state index contributed by atoms with van der Waals surface area (Å²) in [6.45, 7) is 0. The van der Waals surface area contributed by atoms with Gasteiger partial charge in [0.2, 0.25) is 0 Å². The monoisotopic (exact) mass is 147 g/mol. The largest absolute Gasteiger partial charge is 1.00 e. The molecule has 0 N–H and O–H groups in total. The summed E-state index contributed by atoms with van der Waals surface area (Å²) in [6, 6.07) is 8.29. The second-order valence-corrected chi connectivity index (χ2v) is 2.62. The molecule has 1 rings (SSSR count). The third-order valence-electron chi connectivity index (χ3n) is 0.967. The minimum atomic E-state index is -2.40. The van der Waals surface area contributed by atoms with Gasteiger partial charge in [-0.15, -0.1) is 0 Å². The minimum Gasteiger partial charge on any atom is -0.591 e. The van der Waals surface area contributed by atoms with E-state index in [1.807, 2.05) is 0 Å². The van der Waals surface area contributed by atoms with Crippen LogP contribution in [-0.4, -0.2) is 0 Å². The number of benzene rings is 1. The molecule has 0 fully saturated rings. The van der Waals surface area contributed by atoms with Gasteiger partial charge in [0.25, 0.3) is 0 Å². The van der Waals surface area contributed by atoms with E-state index < -0.39 is 8.03 Å². The third-order valence-corrected chi connectivity index (χ3v) is 1.69. The van der Waals surface area contributed by atoms with Crippen LogP contribution in [0.4, 0.5) is 0 Å². The summed E-state index contributed by atoms with van der Waals surface area (Å²) in [4.78, 5) is 10.2. The first-order valence-electron chi connectivity index (χ1n) is 2.50. The Balaban J connectivity index is 0.000000810. The van der Waals surface area contributed by atoms with Gasteiger partial charge >= 0.3 is 26.9 Å². The summed E-state index contributed by atoms with van der Waals surface area (Å²) < 4.78 is 10.2. The topological polar surface area (TPSA) is 40.1 Å². The predicted molar refractivity (Wildman–Crippen MR) is 33.7 cm³/mol. The van der Waals surface area contributed by atoms with Crippen LogP contribution in [0, 0.1) is 0 Å². The van der Waals surface area contributed by atoms with Gasteiger partial charge in [-0.3, -0.25) is 0 Å². The first-order chi connectivity index (χ1) is 4.30. The Kier molecular flexibility index (Phi) is 4.60. The number of hydrogen-bond donors (Lipinski definition) is 0. The van der Waals surface area contributed by atoms with Gasteiger partial charge in [-0.05, 0) is 12.1 Å². The Bertz CT molecular complexity index is 212. The van der Waals surface area contributed by atoms with Crippen molar-refractivity contribution < 1.29 is 28.3 Å². The van der Waals surface area contributed by atoms with Gasteiger partial charge in [0, 0.05) is 0 Å². The molecule has 0 spiro atoms. The van der Waals surface area contributed by atoms with Crippen molar-refractivity contribution in [3.63, 3.8) is 0 Å². The van der Waals surface area contributed by atoms with E-state index in [0.717, 1.165) is 0 Å². The van der Waals surface area contributed by atoms with Crippen molar-refractivity contribution in [3.05, 3.63) is 30.3 Å². The van der Waals surface area contributed by atoms with Gasteiger partial charge in [0.05, 0.1) is 0 Å². The van der Waals surface area contributed by atoms with Gasteiger partial charge in [0.1, 0.15) is 0 Å². The molecule has 4 heteroatoms. The standard InChI is InChI=1S/C6H5O2P.Li/c7-9(8)6-4-2-1-3-5-6;/h1-5H;/q;+1. The normalized spacial score (nSPS) is 9.90. The average Bonchev–Trinajstić information content (AvgIpc) is 1.90. The Morgan fingerprint density at radius 3 is 2.00 bits per heavy atom. The van der Waals surface area contributed by atoms with Crippen LogP contribution in [0.15, 0.2) is 30.3 Å². The summed E-state index contributed by atoms with van der Waals surface area (Å²) in [6.07, 6.45) is 0. The molecule has 0 aromatic heterocycles. The van der Waals surface area contributed by atoms with Gasteiger partial charge < -0.3 is 4.89 Å². The average molecular weight is 147 g/mol. The number of rotatable bonds is 1. The molecule has 0 amide bonds. The summed E-state index contributed by atoms with van der Waals surface area (Å²) in [7, 11) is -2.40. The molecule has 0 aliphatic heterocycles. The van der Waals surface area contributed by atoms with E-state index >= 15 is 0 Å². The second-order valence-electron chi connectivity index (χ2n) is 1.59. The van der Waals surface area contributed by atoms with Gasteiger partial charge in [0.15, 0.2) is 5.30 Å². The van der Waals surface area contributed by atoms with Crippen molar-refractivity contribution in [1.29, 1.82) is 0 Å². The molecule has 2 nitrogen and oxygen atoms in total. The van der Waals surface area contributed by atoms with Crippen LogP contribution >= 0.6 is 8.03 Å². The van der Waals surface area contributed by atoms with Crippen molar-refractivity contribution >= 4 is 13.3 Å². The molecule has 0 aliphatic rings. The molecule has 0 bridgehead atoms. The molecule has 0 saturated carbocycles. The third kappa shape index (κ3) is 2.64. The van der Waals surface area contributed by atoms with Crippen molar-refractivity contribution in [3.8, 4) is 0 Å². The van der Waals surface area contributed by atoms with Crippen molar-refractivity contribution in [2.24, 2.45) is 0 Å². The van der Waals surface area contributed by atoms with Crippen LogP contribution in [0.25, 0.3) is 0 Å². The van der Waals surface area contributed by atoms with E-state index in [1.54, 1.807) is 30.3 Å². The molecular formula is C6H5LiO2P+. The fourth-order valence-corrected chi connectivity index (χ4v) is 0.965. The first-order valence-corrected chi connectivity index (χ1v) is 3.68. The van der Waals surface area contributed by atoms with Crippen LogP contribution in [-0.2, 0) is 4.57 Å². The Morgan fingerprint density at radius 1 is 1.20 bits per heavy atom. The Morgan fingerprint density at radius 2 is 1.70 bits per heavy atom. The fraction of sp³-hybridized carbons (Fsp3) is 0. The maximum absolute atomic E-state index is 10.2. The van der Waals surface area contributed by atoms with Crippen molar-refractivity contribution in [1.82, 2.24) is 0 Å². The van der Waals surface area contributed by atoms with Crippen LogP contribution < -0.4 is 29.1 Å². The summed E-state index contributed by atoms with van der Waals surface area (Å²) in [5, 5.41) is 0.368. The van der Waals surface area contributed by atoms with E-state index in [-0.39, 0.29) is 18.9 Å². The molecule has 1 aromatic rings. The van der Waals surface area contributed by atoms with E-state index in [0.29, 0.717) is 5.30 Å². The predicted octanol–water partition coefficient (Wildman–Crippen LogP) is -2.58. The number of hydrogen-bond acceptors (Lipinski definition) is 2. The van der Waals surface area contributed by atoms with Crippen molar-refractivity contribution in [2.75, 3.05) is 0 Å². The zero-order valence-corrected chi connectivity index (χ0v) is 6.54. The Hall–Kier alpha value is -0.123. The quantitative estimate of drug-likeness (QED) is 0.323. The van der Waals surface area contributed by atoms with E-state index in [1.165, 1.54) is 0 Å².